The van der Waals surface area contributed by atoms with Gasteiger partial charge in [0, 0.05) is 61.1 Å². The number of aromatic amines is 1. The molecule has 0 amide bonds. The van der Waals surface area contributed by atoms with Crippen LogP contribution in [0.5, 0.6) is 5.75 Å². The Labute approximate surface area is 212 Å². The second-order valence-electron chi connectivity index (χ2n) is 10.9. The lowest BCUT2D eigenvalue weighted by molar-refractivity contribution is 0.0695. The second-order valence-corrected chi connectivity index (χ2v) is 10.9. The first kappa shape index (κ1) is 23.4. The summed E-state index contributed by atoms with van der Waals surface area (Å²) in [6.07, 6.45) is 7.12. The number of fused-ring (bicyclic) bond motifs is 1. The van der Waals surface area contributed by atoms with Crippen molar-refractivity contribution in [2.24, 2.45) is 5.41 Å². The number of carboxylic acids is 1. The molecule has 2 N–H and O–H groups in total. The molecule has 3 aromatic rings. The zero-order valence-electron chi connectivity index (χ0n) is 21.3. The number of methoxy groups -OCH3 is 2. The van der Waals surface area contributed by atoms with Gasteiger partial charge in [0.15, 0.2) is 0 Å². The highest BCUT2D eigenvalue weighted by molar-refractivity contribution is 5.89. The van der Waals surface area contributed by atoms with Gasteiger partial charge >= 0.3 is 5.97 Å². The molecule has 7 heteroatoms. The molecule has 1 atom stereocenters. The van der Waals surface area contributed by atoms with E-state index in [0.29, 0.717) is 11.0 Å². The van der Waals surface area contributed by atoms with Crippen LogP contribution in [0.3, 0.4) is 0 Å². The Hall–Kier alpha value is -3.03. The minimum atomic E-state index is -0.884. The van der Waals surface area contributed by atoms with Gasteiger partial charge in [-0.1, -0.05) is 6.07 Å². The number of ether oxygens (including phenoxy) is 2. The molecule has 3 fully saturated rings. The normalized spacial score (nSPS) is 21.6. The number of anilines is 1. The van der Waals surface area contributed by atoms with Gasteiger partial charge in [0.2, 0.25) is 0 Å². The number of nitrogens with one attached hydrogen (secondary N) is 1. The van der Waals surface area contributed by atoms with Crippen molar-refractivity contribution < 1.29 is 19.4 Å². The van der Waals surface area contributed by atoms with Crippen LogP contribution in [0.1, 0.15) is 58.8 Å². The van der Waals surface area contributed by atoms with E-state index in [1.54, 1.807) is 20.3 Å². The summed E-state index contributed by atoms with van der Waals surface area (Å²) >= 11 is 0. The fraction of sp³-hybridized carbons (Fsp3) is 0.483. The number of likely N-dealkylation sites (tertiary alicyclic amines) is 1. The summed E-state index contributed by atoms with van der Waals surface area (Å²) in [4.78, 5) is 20.1. The Morgan fingerprint density at radius 1 is 1.17 bits per heavy atom. The van der Waals surface area contributed by atoms with Gasteiger partial charge in [-0.25, -0.2) is 4.79 Å². The molecule has 1 saturated carbocycles. The van der Waals surface area contributed by atoms with Gasteiger partial charge in [-0.05, 0) is 80.0 Å². The lowest BCUT2D eigenvalue weighted by atomic mass is 9.83. The van der Waals surface area contributed by atoms with Gasteiger partial charge in [-0.15, -0.1) is 0 Å². The first-order chi connectivity index (χ1) is 17.4. The molecule has 36 heavy (non-hydrogen) atoms. The van der Waals surface area contributed by atoms with Gasteiger partial charge in [0.05, 0.1) is 18.8 Å². The summed E-state index contributed by atoms with van der Waals surface area (Å²) in [5.74, 6) is 0.0437. The predicted molar refractivity (Wildman–Crippen MR) is 140 cm³/mol. The van der Waals surface area contributed by atoms with Crippen LogP contribution in [0.2, 0.25) is 0 Å². The molecule has 2 aliphatic heterocycles. The van der Waals surface area contributed by atoms with E-state index in [9.17, 15) is 9.90 Å². The standard InChI is InChI=1S/C29H35N3O4/c1-18-12-26(36-3)23(21-6-10-30-27(18)21)17-31-11-9-29(7-8-29)14-25(31)22-5-4-19(28(33)34)13-24(22)32-15-20(16-32)35-2/h4-6,10,12-13,20,25,30H,7-9,11,14-17H2,1-3H3,(H,33,34)/t25-/m1/s1. The van der Waals surface area contributed by atoms with Crippen LogP contribution < -0.4 is 9.64 Å². The molecule has 0 unspecified atom stereocenters. The zero-order chi connectivity index (χ0) is 25.0. The fourth-order valence-electron chi connectivity index (χ4n) is 6.31. The van der Waals surface area contributed by atoms with Crippen molar-refractivity contribution >= 4 is 22.6 Å². The summed E-state index contributed by atoms with van der Waals surface area (Å²) in [6.45, 7) is 5.51. The average molecular weight is 490 g/mol. The molecule has 190 valence electrons. The Morgan fingerprint density at radius 2 is 1.97 bits per heavy atom. The van der Waals surface area contributed by atoms with Gasteiger partial charge in [0.25, 0.3) is 0 Å². The lowest BCUT2D eigenvalue weighted by Crippen LogP contribution is -2.52. The van der Waals surface area contributed by atoms with Crippen molar-refractivity contribution in [3.8, 4) is 5.75 Å². The van der Waals surface area contributed by atoms with E-state index >= 15 is 0 Å². The van der Waals surface area contributed by atoms with Gasteiger partial charge in [0.1, 0.15) is 5.75 Å². The highest BCUT2D eigenvalue weighted by atomic mass is 16.5. The smallest absolute Gasteiger partial charge is 0.335 e. The fourth-order valence-corrected chi connectivity index (χ4v) is 6.31. The van der Waals surface area contributed by atoms with Crippen LogP contribution >= 0.6 is 0 Å². The van der Waals surface area contributed by atoms with E-state index in [4.69, 9.17) is 9.47 Å². The minimum absolute atomic E-state index is 0.197. The van der Waals surface area contributed by atoms with Crippen molar-refractivity contribution in [3.05, 3.63) is 58.8 Å². The number of carboxylic acid groups (broad SMARTS) is 1. The largest absolute Gasteiger partial charge is 0.496 e. The van der Waals surface area contributed by atoms with Crippen molar-refractivity contribution in [2.75, 3.05) is 38.8 Å². The SMILES string of the molecule is COc1cc(C)c2[nH]ccc2c1CN1CCC2(CC2)C[C@@H]1c1ccc(C(=O)O)cc1N1CC(OC)C1. The highest BCUT2D eigenvalue weighted by Gasteiger charge is 2.49. The Bertz CT molecular complexity index is 1310. The number of hydrogen-bond acceptors (Lipinski definition) is 5. The molecule has 6 rings (SSSR count). The maximum absolute atomic E-state index is 11.8. The number of H-pyrrole nitrogens is 1. The molecule has 2 saturated heterocycles. The molecule has 0 bridgehead atoms. The number of rotatable bonds is 7. The number of hydrogen-bond donors (Lipinski definition) is 2. The maximum Gasteiger partial charge on any atom is 0.335 e. The van der Waals surface area contributed by atoms with Gasteiger partial charge in [-0.2, -0.15) is 0 Å². The number of aromatic nitrogens is 1. The van der Waals surface area contributed by atoms with Crippen LogP contribution in [0.15, 0.2) is 36.5 Å². The highest BCUT2D eigenvalue weighted by Crippen LogP contribution is 2.59. The quantitative estimate of drug-likeness (QED) is 0.479. The first-order valence-electron chi connectivity index (χ1n) is 12.9. The number of piperidine rings is 1. The lowest BCUT2D eigenvalue weighted by Gasteiger charge is -2.45. The molecule has 1 spiro atoms. The molecule has 7 nitrogen and oxygen atoms in total. The van der Waals surface area contributed by atoms with Crippen molar-refractivity contribution in [1.29, 1.82) is 0 Å². The number of carbonyl (C=O) groups is 1. The number of nitrogens with zero attached hydrogens (tertiary/aromatic N) is 2. The molecular formula is C29H35N3O4. The third kappa shape index (κ3) is 3.95. The van der Waals surface area contributed by atoms with Crippen LogP contribution in [-0.4, -0.2) is 60.9 Å². The maximum atomic E-state index is 11.8. The summed E-state index contributed by atoms with van der Waals surface area (Å²) in [5.41, 5.74) is 6.61. The molecule has 3 heterocycles. The zero-order valence-corrected chi connectivity index (χ0v) is 21.3. The minimum Gasteiger partial charge on any atom is -0.496 e. The number of aromatic carboxylic acids is 1. The molecule has 2 aromatic carbocycles. The summed E-state index contributed by atoms with van der Waals surface area (Å²) in [6, 6.07) is 10.2. The molecule has 0 radical (unpaired) electrons. The third-order valence-corrected chi connectivity index (χ3v) is 8.80. The van der Waals surface area contributed by atoms with E-state index < -0.39 is 5.97 Å². The third-order valence-electron chi connectivity index (χ3n) is 8.80. The van der Waals surface area contributed by atoms with Crippen molar-refractivity contribution in [3.63, 3.8) is 0 Å². The van der Waals surface area contributed by atoms with E-state index in [0.717, 1.165) is 49.6 Å². The summed E-state index contributed by atoms with van der Waals surface area (Å²) in [7, 11) is 3.50. The number of aryl methyl sites for hydroxylation is 1. The van der Waals surface area contributed by atoms with E-state index in [1.165, 1.54) is 41.3 Å². The monoisotopic (exact) mass is 489 g/mol. The summed E-state index contributed by atoms with van der Waals surface area (Å²) < 4.78 is 11.4. The topological polar surface area (TPSA) is 78.0 Å². The Kier molecular flexibility index (Phi) is 5.73. The van der Waals surface area contributed by atoms with Crippen LogP contribution in [0.25, 0.3) is 10.9 Å². The average Bonchev–Trinajstić information content (AvgIpc) is 3.40. The van der Waals surface area contributed by atoms with E-state index in [1.807, 2.05) is 12.3 Å². The van der Waals surface area contributed by atoms with Crippen molar-refractivity contribution in [1.82, 2.24) is 9.88 Å². The Morgan fingerprint density at radius 3 is 2.67 bits per heavy atom. The first-order valence-corrected chi connectivity index (χ1v) is 12.9. The second kappa shape index (κ2) is 8.82. The predicted octanol–water partition coefficient (Wildman–Crippen LogP) is 5.14. The summed E-state index contributed by atoms with van der Waals surface area (Å²) in [5, 5.41) is 10.9. The molecule has 1 aliphatic carbocycles. The van der Waals surface area contributed by atoms with Crippen LogP contribution in [0.4, 0.5) is 5.69 Å². The molecule has 1 aromatic heterocycles. The van der Waals surface area contributed by atoms with Gasteiger partial charge < -0.3 is 24.5 Å². The molecule has 3 aliphatic rings. The van der Waals surface area contributed by atoms with E-state index in [2.05, 4.69) is 39.9 Å². The van der Waals surface area contributed by atoms with Gasteiger partial charge in [-0.3, -0.25) is 4.90 Å². The van der Waals surface area contributed by atoms with Crippen LogP contribution in [0, 0.1) is 12.3 Å². The van der Waals surface area contributed by atoms with Crippen molar-refractivity contribution in [2.45, 2.75) is 51.3 Å². The Balaban J connectivity index is 1.40. The number of benzene rings is 2. The van der Waals surface area contributed by atoms with Crippen LogP contribution in [-0.2, 0) is 11.3 Å². The van der Waals surface area contributed by atoms with E-state index in [-0.39, 0.29) is 12.1 Å². The molecular weight excluding hydrogens is 454 g/mol.